The molecule has 0 unspecified atom stereocenters. The highest BCUT2D eigenvalue weighted by atomic mass is 16.1. The molecule has 1 atom stereocenters. The van der Waals surface area contributed by atoms with Gasteiger partial charge in [-0.05, 0) is 79.3 Å². The van der Waals surface area contributed by atoms with E-state index in [2.05, 4.69) is 47.7 Å². The van der Waals surface area contributed by atoms with Crippen LogP contribution in [0.4, 0.5) is 5.95 Å². The molecule has 0 bridgehead atoms. The Labute approximate surface area is 200 Å². The second-order valence-electron chi connectivity index (χ2n) is 8.63. The number of carbonyl (C=O) groups excluding carboxylic acids is 1. The predicted octanol–water partition coefficient (Wildman–Crippen LogP) is 4.86. The summed E-state index contributed by atoms with van der Waals surface area (Å²) in [6, 6.07) is 20.4. The van der Waals surface area contributed by atoms with Crippen LogP contribution in [0.15, 0.2) is 66.9 Å². The van der Waals surface area contributed by atoms with Gasteiger partial charge in [0, 0.05) is 36.3 Å². The first-order valence-electron chi connectivity index (χ1n) is 11.7. The molecule has 4 N–H and O–H groups in total. The van der Waals surface area contributed by atoms with Crippen molar-refractivity contribution in [3.63, 3.8) is 0 Å². The van der Waals surface area contributed by atoms with Gasteiger partial charge < -0.3 is 16.4 Å². The van der Waals surface area contributed by atoms with Gasteiger partial charge in [0.2, 0.25) is 5.95 Å². The predicted molar refractivity (Wildman–Crippen MR) is 139 cm³/mol. The number of aryl methyl sites for hydroxylation is 1. The molecule has 34 heavy (non-hydrogen) atoms. The number of anilines is 1. The van der Waals surface area contributed by atoms with Crippen LogP contribution >= 0.6 is 0 Å². The molecule has 4 rings (SSSR count). The number of aromatic nitrogens is 2. The number of fused-ring (bicyclic) bond motifs is 1. The molecule has 0 spiro atoms. The van der Waals surface area contributed by atoms with E-state index in [-0.39, 0.29) is 11.9 Å². The van der Waals surface area contributed by atoms with Gasteiger partial charge in [0.1, 0.15) is 0 Å². The molecule has 3 aromatic carbocycles. The number of rotatable bonds is 8. The molecule has 174 valence electrons. The van der Waals surface area contributed by atoms with Gasteiger partial charge in [0.05, 0.1) is 5.52 Å². The Morgan fingerprint density at radius 3 is 2.68 bits per heavy atom. The summed E-state index contributed by atoms with van der Waals surface area (Å²) in [6.45, 7) is 7.23. The molecule has 0 saturated heterocycles. The Bertz CT molecular complexity index is 1320. The van der Waals surface area contributed by atoms with Gasteiger partial charge in [-0.2, -0.15) is 0 Å². The summed E-state index contributed by atoms with van der Waals surface area (Å²) in [4.78, 5) is 21.5. The molecule has 0 aliphatic carbocycles. The second-order valence-corrected chi connectivity index (χ2v) is 8.63. The van der Waals surface area contributed by atoms with E-state index < -0.39 is 0 Å². The third kappa shape index (κ3) is 5.41. The lowest BCUT2D eigenvalue weighted by Gasteiger charge is -2.15. The summed E-state index contributed by atoms with van der Waals surface area (Å²) in [5, 5.41) is 7.22. The molecule has 0 saturated carbocycles. The van der Waals surface area contributed by atoms with Gasteiger partial charge in [0.25, 0.3) is 5.91 Å². The fourth-order valence-corrected chi connectivity index (χ4v) is 4.12. The molecule has 0 radical (unpaired) electrons. The first-order valence-corrected chi connectivity index (χ1v) is 11.7. The van der Waals surface area contributed by atoms with Crippen molar-refractivity contribution in [3.05, 3.63) is 89.1 Å². The minimum absolute atomic E-state index is 0.0625. The molecule has 6 heteroatoms. The van der Waals surface area contributed by atoms with Crippen molar-refractivity contribution in [1.29, 1.82) is 0 Å². The van der Waals surface area contributed by atoms with Crippen molar-refractivity contribution in [3.8, 4) is 11.1 Å². The fraction of sp³-hybridized carbons (Fsp3) is 0.250. The van der Waals surface area contributed by atoms with Crippen molar-refractivity contribution in [1.82, 2.24) is 15.3 Å². The average molecular weight is 454 g/mol. The fourth-order valence-electron chi connectivity index (χ4n) is 4.12. The largest absolute Gasteiger partial charge is 0.352 e. The van der Waals surface area contributed by atoms with Gasteiger partial charge in [-0.1, -0.05) is 36.4 Å². The maximum absolute atomic E-state index is 12.3. The number of nitrogens with two attached hydrogens (primary N) is 1. The van der Waals surface area contributed by atoms with Crippen LogP contribution in [-0.2, 0) is 13.0 Å². The smallest absolute Gasteiger partial charge is 0.251 e. The number of hydrogen-bond donors (Lipinski definition) is 3. The Morgan fingerprint density at radius 1 is 1.06 bits per heavy atom. The lowest BCUT2D eigenvalue weighted by molar-refractivity contribution is 0.0956. The molecule has 1 amide bonds. The number of amides is 1. The van der Waals surface area contributed by atoms with Crippen LogP contribution < -0.4 is 16.4 Å². The van der Waals surface area contributed by atoms with Crippen molar-refractivity contribution in [2.45, 2.75) is 39.8 Å². The van der Waals surface area contributed by atoms with E-state index in [1.807, 2.05) is 55.6 Å². The van der Waals surface area contributed by atoms with Crippen LogP contribution in [0.3, 0.4) is 0 Å². The minimum Gasteiger partial charge on any atom is -0.352 e. The molecular formula is C28H31N5O. The van der Waals surface area contributed by atoms with E-state index >= 15 is 0 Å². The zero-order valence-electron chi connectivity index (χ0n) is 19.9. The van der Waals surface area contributed by atoms with Gasteiger partial charge in [0.15, 0.2) is 0 Å². The van der Waals surface area contributed by atoms with Crippen molar-refractivity contribution >= 4 is 22.8 Å². The Morgan fingerprint density at radius 2 is 1.88 bits per heavy atom. The third-order valence-corrected chi connectivity index (χ3v) is 5.87. The van der Waals surface area contributed by atoms with Gasteiger partial charge in [-0.25, -0.2) is 9.97 Å². The quantitative estimate of drug-likeness (QED) is 0.354. The lowest BCUT2D eigenvalue weighted by atomic mass is 9.97. The van der Waals surface area contributed by atoms with E-state index in [9.17, 15) is 4.79 Å². The van der Waals surface area contributed by atoms with Crippen LogP contribution in [0.5, 0.6) is 0 Å². The summed E-state index contributed by atoms with van der Waals surface area (Å²) in [6.07, 6.45) is 2.70. The molecular weight excluding hydrogens is 422 g/mol. The SMILES string of the molecule is CCNC(=O)c1ccc(C)c(-c2ccc3nc(N[C@@H](C)Cc4cccc(CN)c4)ncc3c2)c1. The van der Waals surface area contributed by atoms with Crippen LogP contribution in [0.1, 0.15) is 40.9 Å². The standard InChI is InChI=1S/C28H31N5O/c1-4-30-27(34)23-9-8-18(2)25(15-23)22-10-11-26-24(14-22)17-31-28(33-26)32-19(3)12-20-6-5-7-21(13-20)16-29/h5-11,13-15,17,19H,4,12,16,29H2,1-3H3,(H,30,34)(H,31,32,33)/t19-/m0/s1. The average Bonchev–Trinajstić information content (AvgIpc) is 2.84. The minimum atomic E-state index is -0.0625. The molecule has 6 nitrogen and oxygen atoms in total. The van der Waals surface area contributed by atoms with E-state index in [4.69, 9.17) is 10.7 Å². The molecule has 1 heterocycles. The summed E-state index contributed by atoms with van der Waals surface area (Å²) >= 11 is 0. The molecule has 0 aliphatic heterocycles. The van der Waals surface area contributed by atoms with Gasteiger partial charge in [-0.15, -0.1) is 0 Å². The summed E-state index contributed by atoms with van der Waals surface area (Å²) in [5.74, 6) is 0.546. The van der Waals surface area contributed by atoms with Crippen LogP contribution in [0.2, 0.25) is 0 Å². The van der Waals surface area contributed by atoms with E-state index in [0.717, 1.165) is 39.6 Å². The zero-order valence-corrected chi connectivity index (χ0v) is 19.9. The van der Waals surface area contributed by atoms with Crippen molar-refractivity contribution in [2.24, 2.45) is 5.73 Å². The first kappa shape index (κ1) is 23.4. The van der Waals surface area contributed by atoms with Crippen LogP contribution in [-0.4, -0.2) is 28.5 Å². The third-order valence-electron chi connectivity index (χ3n) is 5.87. The highest BCUT2D eigenvalue weighted by Gasteiger charge is 2.11. The highest BCUT2D eigenvalue weighted by molar-refractivity contribution is 5.96. The van der Waals surface area contributed by atoms with Crippen molar-refractivity contribution in [2.75, 3.05) is 11.9 Å². The maximum Gasteiger partial charge on any atom is 0.251 e. The number of benzene rings is 3. The zero-order chi connectivity index (χ0) is 24.1. The second kappa shape index (κ2) is 10.4. The van der Waals surface area contributed by atoms with Crippen molar-refractivity contribution < 1.29 is 4.79 Å². The van der Waals surface area contributed by atoms with E-state index in [1.54, 1.807) is 0 Å². The van der Waals surface area contributed by atoms with E-state index in [1.165, 1.54) is 5.56 Å². The van der Waals surface area contributed by atoms with Crippen LogP contribution in [0, 0.1) is 6.92 Å². The normalized spacial score (nSPS) is 11.9. The maximum atomic E-state index is 12.3. The highest BCUT2D eigenvalue weighted by Crippen LogP contribution is 2.28. The molecule has 4 aromatic rings. The number of nitrogens with zero attached hydrogens (tertiary/aromatic N) is 2. The summed E-state index contributed by atoms with van der Waals surface area (Å²) < 4.78 is 0. The van der Waals surface area contributed by atoms with Gasteiger partial charge in [-0.3, -0.25) is 4.79 Å². The summed E-state index contributed by atoms with van der Waals surface area (Å²) in [7, 11) is 0. The first-order chi connectivity index (χ1) is 16.5. The Balaban J connectivity index is 1.53. The number of carbonyl (C=O) groups is 1. The number of hydrogen-bond acceptors (Lipinski definition) is 5. The van der Waals surface area contributed by atoms with Crippen LogP contribution in [0.25, 0.3) is 22.0 Å². The Hall–Kier alpha value is -3.77. The topological polar surface area (TPSA) is 92.9 Å². The number of nitrogens with one attached hydrogen (secondary N) is 2. The lowest BCUT2D eigenvalue weighted by Crippen LogP contribution is -2.22. The summed E-state index contributed by atoms with van der Waals surface area (Å²) in [5.41, 5.74) is 12.8. The molecule has 1 aromatic heterocycles. The molecule has 0 aliphatic rings. The molecule has 0 fully saturated rings. The monoisotopic (exact) mass is 453 g/mol. The van der Waals surface area contributed by atoms with Gasteiger partial charge >= 0.3 is 0 Å². The van der Waals surface area contributed by atoms with E-state index in [0.29, 0.717) is 24.6 Å². The Kier molecular flexibility index (Phi) is 7.18.